The number of benzene rings is 1. The van der Waals surface area contributed by atoms with E-state index in [2.05, 4.69) is 5.32 Å². The number of rotatable bonds is 7. The molecule has 28 heavy (non-hydrogen) atoms. The molecular weight excluding hydrogens is 412 g/mol. The minimum absolute atomic E-state index is 0.0624. The Hall–Kier alpha value is -2.79. The van der Waals surface area contributed by atoms with Crippen molar-refractivity contribution in [3.05, 3.63) is 46.7 Å². The van der Waals surface area contributed by atoms with Crippen LogP contribution in [-0.2, 0) is 20.9 Å². The van der Waals surface area contributed by atoms with E-state index in [1.807, 2.05) is 0 Å². The summed E-state index contributed by atoms with van der Waals surface area (Å²) in [6.07, 6.45) is 0. The normalized spacial score (nSPS) is 14.3. The maximum Gasteiger partial charge on any atom is 0.335 e. The van der Waals surface area contributed by atoms with E-state index in [4.69, 9.17) is 0 Å². The number of urea groups is 1. The third kappa shape index (κ3) is 4.37. The number of alkyl halides is 2. The molecule has 1 aromatic carbocycles. The molecule has 2 aromatic rings. The zero-order valence-corrected chi connectivity index (χ0v) is 15.8. The number of hydrogen-bond acceptors (Lipinski definition) is 6. The van der Waals surface area contributed by atoms with Gasteiger partial charge in [-0.25, -0.2) is 9.69 Å². The molecule has 0 atom stereocenters. The van der Waals surface area contributed by atoms with Crippen LogP contribution in [-0.4, -0.2) is 45.9 Å². The van der Waals surface area contributed by atoms with Crippen molar-refractivity contribution < 1.29 is 28.0 Å². The van der Waals surface area contributed by atoms with Gasteiger partial charge in [-0.2, -0.15) is 8.78 Å². The molecular formula is C17H13F2N3O4S2. The Kier molecular flexibility index (Phi) is 6.05. The molecule has 1 aromatic heterocycles. The molecule has 0 radical (unpaired) electrons. The quantitative estimate of drug-likeness (QED) is 0.419. The van der Waals surface area contributed by atoms with Crippen molar-refractivity contribution in [3.63, 3.8) is 0 Å². The fraction of sp³-hybridized carbons (Fsp3) is 0.176. The molecule has 0 spiro atoms. The molecule has 0 bridgehead atoms. The van der Waals surface area contributed by atoms with Gasteiger partial charge in [0.25, 0.3) is 5.76 Å². The van der Waals surface area contributed by atoms with Crippen LogP contribution in [0.3, 0.4) is 0 Å². The van der Waals surface area contributed by atoms with Gasteiger partial charge in [0, 0.05) is 9.77 Å². The Balaban J connectivity index is 1.68. The molecule has 2 heterocycles. The first-order valence-corrected chi connectivity index (χ1v) is 9.66. The molecule has 0 saturated carbocycles. The molecule has 1 aliphatic rings. The summed E-state index contributed by atoms with van der Waals surface area (Å²) in [4.78, 5) is 50.9. The summed E-state index contributed by atoms with van der Waals surface area (Å²) >= 11 is 1.58. The highest BCUT2D eigenvalue weighted by Gasteiger charge is 2.45. The third-order valence-corrected chi connectivity index (χ3v) is 5.36. The molecule has 1 aliphatic heterocycles. The Labute approximate surface area is 166 Å². The van der Waals surface area contributed by atoms with Crippen LogP contribution in [0.1, 0.15) is 4.88 Å². The summed E-state index contributed by atoms with van der Waals surface area (Å²) in [5, 5.41) is 4.16. The Morgan fingerprint density at radius 2 is 1.79 bits per heavy atom. The topological polar surface area (TPSA) is 86.8 Å². The minimum Gasteiger partial charge on any atom is -0.324 e. The molecule has 1 N–H and O–H groups in total. The summed E-state index contributed by atoms with van der Waals surface area (Å²) in [6.45, 7) is -0.759. The fourth-order valence-electron chi connectivity index (χ4n) is 2.49. The number of anilines is 1. The lowest BCUT2D eigenvalue weighted by molar-refractivity contribution is -0.143. The number of thiophene rings is 1. The highest BCUT2D eigenvalue weighted by Crippen LogP contribution is 2.31. The van der Waals surface area contributed by atoms with Crippen LogP contribution < -0.4 is 5.32 Å². The van der Waals surface area contributed by atoms with Crippen molar-refractivity contribution in [2.75, 3.05) is 11.9 Å². The molecule has 1 fully saturated rings. The standard InChI is InChI=1S/C17H13F2N3O4S2/c18-16(19)28-12-6-2-1-5-11(12)20-13(23)9-22-15(25)14(24)21(17(22)26)8-10-4-3-7-27-10/h1-7,16H,8-9H2,(H,20,23). The van der Waals surface area contributed by atoms with Gasteiger partial charge in [0.1, 0.15) is 6.54 Å². The van der Waals surface area contributed by atoms with Gasteiger partial charge in [0.2, 0.25) is 5.91 Å². The van der Waals surface area contributed by atoms with E-state index in [1.165, 1.54) is 29.5 Å². The molecule has 1 saturated heterocycles. The maximum atomic E-state index is 12.6. The van der Waals surface area contributed by atoms with E-state index in [9.17, 15) is 28.0 Å². The third-order valence-electron chi connectivity index (χ3n) is 3.71. The van der Waals surface area contributed by atoms with Gasteiger partial charge in [-0.3, -0.25) is 19.3 Å². The lowest BCUT2D eigenvalue weighted by atomic mass is 10.3. The van der Waals surface area contributed by atoms with Crippen molar-refractivity contribution in [3.8, 4) is 0 Å². The number of nitrogens with one attached hydrogen (secondary N) is 1. The van der Waals surface area contributed by atoms with Crippen molar-refractivity contribution in [1.29, 1.82) is 0 Å². The fourth-order valence-corrected chi connectivity index (χ4v) is 3.78. The van der Waals surface area contributed by atoms with Gasteiger partial charge < -0.3 is 5.32 Å². The van der Waals surface area contributed by atoms with Crippen molar-refractivity contribution in [2.45, 2.75) is 17.2 Å². The average molecular weight is 425 g/mol. The highest BCUT2D eigenvalue weighted by molar-refractivity contribution is 7.99. The number of nitrogens with zero attached hydrogens (tertiary/aromatic N) is 2. The molecule has 11 heteroatoms. The van der Waals surface area contributed by atoms with Gasteiger partial charge in [-0.15, -0.1) is 11.3 Å². The maximum absolute atomic E-state index is 12.6. The zero-order chi connectivity index (χ0) is 20.3. The average Bonchev–Trinajstić information content (AvgIpc) is 3.22. The lowest BCUT2D eigenvalue weighted by Gasteiger charge is -2.15. The summed E-state index contributed by atoms with van der Waals surface area (Å²) < 4.78 is 25.2. The SMILES string of the molecule is O=C(CN1C(=O)C(=O)N(Cc2cccs2)C1=O)Nc1ccccc1SC(F)F. The molecule has 0 aliphatic carbocycles. The predicted octanol–water partition coefficient (Wildman–Crippen LogP) is 2.99. The van der Waals surface area contributed by atoms with E-state index >= 15 is 0 Å². The number of carbonyl (C=O) groups excluding carboxylic acids is 4. The first-order chi connectivity index (χ1) is 13.4. The zero-order valence-electron chi connectivity index (χ0n) is 14.1. The number of thioether (sulfide) groups is 1. The molecule has 5 amide bonds. The van der Waals surface area contributed by atoms with Crippen molar-refractivity contribution in [1.82, 2.24) is 9.80 Å². The number of halogens is 2. The van der Waals surface area contributed by atoms with E-state index in [0.29, 0.717) is 9.78 Å². The van der Waals surface area contributed by atoms with Gasteiger partial charge in [-0.1, -0.05) is 30.0 Å². The van der Waals surface area contributed by atoms with Gasteiger partial charge in [0.05, 0.1) is 12.2 Å². The van der Waals surface area contributed by atoms with Crippen LogP contribution in [0.2, 0.25) is 0 Å². The first kappa shape index (κ1) is 20.0. The Morgan fingerprint density at radius 3 is 2.46 bits per heavy atom. The minimum atomic E-state index is -2.68. The second kappa shape index (κ2) is 8.48. The number of carbonyl (C=O) groups is 4. The van der Waals surface area contributed by atoms with Crippen molar-refractivity contribution >= 4 is 52.5 Å². The Bertz CT molecular complexity index is 921. The molecule has 7 nitrogen and oxygen atoms in total. The van der Waals surface area contributed by atoms with E-state index in [-0.39, 0.29) is 28.9 Å². The van der Waals surface area contributed by atoms with Crippen LogP contribution in [0.4, 0.5) is 19.3 Å². The second-order valence-corrected chi connectivity index (χ2v) is 7.63. The van der Waals surface area contributed by atoms with Gasteiger partial charge in [0.15, 0.2) is 0 Å². The van der Waals surface area contributed by atoms with E-state index in [1.54, 1.807) is 23.6 Å². The van der Waals surface area contributed by atoms with Crippen LogP contribution in [0.15, 0.2) is 46.7 Å². The predicted molar refractivity (Wildman–Crippen MR) is 98.9 cm³/mol. The number of para-hydroxylation sites is 1. The largest absolute Gasteiger partial charge is 0.335 e. The summed E-state index contributed by atoms with van der Waals surface area (Å²) in [6, 6.07) is 8.47. The van der Waals surface area contributed by atoms with Gasteiger partial charge in [-0.05, 0) is 23.6 Å². The smallest absolute Gasteiger partial charge is 0.324 e. The number of hydrogen-bond donors (Lipinski definition) is 1. The van der Waals surface area contributed by atoms with Crippen LogP contribution in [0.5, 0.6) is 0 Å². The lowest BCUT2D eigenvalue weighted by Crippen LogP contribution is -2.38. The molecule has 146 valence electrons. The van der Waals surface area contributed by atoms with Crippen LogP contribution in [0, 0.1) is 0 Å². The highest BCUT2D eigenvalue weighted by atomic mass is 32.2. The monoisotopic (exact) mass is 425 g/mol. The van der Waals surface area contributed by atoms with E-state index in [0.717, 1.165) is 4.90 Å². The second-order valence-electron chi connectivity index (χ2n) is 5.57. The number of amides is 5. The van der Waals surface area contributed by atoms with Gasteiger partial charge >= 0.3 is 17.8 Å². The van der Waals surface area contributed by atoms with Crippen molar-refractivity contribution in [2.24, 2.45) is 0 Å². The molecule has 3 rings (SSSR count). The van der Waals surface area contributed by atoms with Crippen LogP contribution in [0.25, 0.3) is 0 Å². The van der Waals surface area contributed by atoms with E-state index < -0.39 is 36.1 Å². The molecule has 0 unspecified atom stereocenters. The number of imide groups is 2. The van der Waals surface area contributed by atoms with Crippen LogP contribution >= 0.6 is 23.1 Å². The summed E-state index contributed by atoms with van der Waals surface area (Å²) in [5.74, 6) is -5.58. The first-order valence-electron chi connectivity index (χ1n) is 7.90. The Morgan fingerprint density at radius 1 is 1.07 bits per heavy atom. The summed E-state index contributed by atoms with van der Waals surface area (Å²) in [5.41, 5.74) is 0.124. The summed E-state index contributed by atoms with van der Waals surface area (Å²) in [7, 11) is 0.